The molecule has 0 saturated carbocycles. The highest BCUT2D eigenvalue weighted by atomic mass is 32.1. The lowest BCUT2D eigenvalue weighted by Gasteiger charge is -2.23. The fourth-order valence-corrected chi connectivity index (χ4v) is 6.07. The smallest absolute Gasteiger partial charge is 0.413 e. The third-order valence-corrected chi connectivity index (χ3v) is 8.82. The van der Waals surface area contributed by atoms with Crippen molar-refractivity contribution in [3.8, 4) is 16.9 Å². The van der Waals surface area contributed by atoms with E-state index in [0.717, 1.165) is 22.5 Å². The zero-order chi connectivity index (χ0) is 49.6. The first kappa shape index (κ1) is 53.8. The van der Waals surface area contributed by atoms with Crippen LogP contribution in [0.3, 0.4) is 0 Å². The van der Waals surface area contributed by atoms with Gasteiger partial charge < -0.3 is 44.3 Å². The first-order valence-corrected chi connectivity index (χ1v) is 22.0. The molecular weight excluding hydrogens is 879 g/mol. The molecular formula is C45H64N7O13S+. The molecule has 5 N–H and O–H groups in total. The summed E-state index contributed by atoms with van der Waals surface area (Å²) in [5.74, 6) is -2.05. The van der Waals surface area contributed by atoms with Crippen molar-refractivity contribution in [3.05, 3.63) is 53.7 Å². The fraction of sp³-hybridized carbons (Fsp3) is 0.533. The van der Waals surface area contributed by atoms with Gasteiger partial charge in [0.1, 0.15) is 46.5 Å². The van der Waals surface area contributed by atoms with E-state index in [1.165, 1.54) is 5.38 Å². The van der Waals surface area contributed by atoms with Gasteiger partial charge in [-0.15, -0.1) is 11.3 Å². The minimum atomic E-state index is -1.51. The second kappa shape index (κ2) is 23.1. The van der Waals surface area contributed by atoms with Crippen molar-refractivity contribution >= 4 is 64.1 Å². The molecule has 362 valence electrons. The number of hydrogen-bond acceptors (Lipinski definition) is 15. The van der Waals surface area contributed by atoms with Gasteiger partial charge in [0.25, 0.3) is 11.9 Å². The van der Waals surface area contributed by atoms with Crippen molar-refractivity contribution in [2.24, 2.45) is 12.2 Å². The number of carbonyl (C=O) groups excluding carboxylic acids is 5. The van der Waals surface area contributed by atoms with E-state index in [0.29, 0.717) is 31.0 Å². The number of hydrogen-bond donors (Lipinski definition) is 5. The maximum Gasteiger partial charge on any atom is 0.413 e. The molecule has 3 aromatic rings. The average Bonchev–Trinajstić information content (AvgIpc) is 3.60. The number of pyridine rings is 1. The number of carboxylic acid groups (broad SMARTS) is 1. The van der Waals surface area contributed by atoms with E-state index in [1.54, 1.807) is 137 Å². The van der Waals surface area contributed by atoms with Gasteiger partial charge in [-0.1, -0.05) is 17.3 Å². The summed E-state index contributed by atoms with van der Waals surface area (Å²) in [7, 11) is 1.75. The number of benzene rings is 1. The van der Waals surface area contributed by atoms with Crippen LogP contribution < -0.4 is 30.6 Å². The molecule has 2 aromatic heterocycles. The zero-order valence-corrected chi connectivity index (χ0v) is 40.7. The molecule has 0 fully saturated rings. The SMILES string of the molecule is C[n+]1cc(-c2ccc(OC[C@H](O/N=C(\C(=O)O)c3csc(NC(=O)OC(C)(C)C)n3)C(=O)OC(C)(C)C)cc2)ccc1NC(=O)[C@H](CCCCNC(=O)OC(C)(C)C)NC(=O)OC(C)(C)C. The van der Waals surface area contributed by atoms with Crippen LogP contribution in [0.5, 0.6) is 5.75 Å². The van der Waals surface area contributed by atoms with Crippen molar-refractivity contribution in [2.45, 2.75) is 137 Å². The molecule has 0 spiro atoms. The standard InChI is InChI=1S/C45H63N7O13S/c1-42(2,3)61-37(56)32(65-51-34(36(54)55)31-26-66-38(47-31)50-41(59)64-45(10,11)12)25-60-29-20-17-27(18-21-29)28-19-22-33(52(13)24-28)49-35(53)30(48-40(58)63-44(7,8)9)16-14-15-23-46-39(57)62-43(4,5)6/h17-22,24,26,30,32H,14-16,23,25H2,1-13H3,(H4,46,47,48,50,54,55,57,58,59)/p+1/b51-34-/t30-,32-/m0/s1. The number of amides is 4. The Morgan fingerprint density at radius 2 is 1.32 bits per heavy atom. The Kier molecular flexibility index (Phi) is 18.8. The Labute approximate surface area is 389 Å². The summed E-state index contributed by atoms with van der Waals surface area (Å²) in [4.78, 5) is 85.3. The van der Waals surface area contributed by atoms with Gasteiger partial charge in [0, 0.05) is 23.6 Å². The van der Waals surface area contributed by atoms with Crippen LogP contribution in [-0.4, -0.2) is 99.6 Å². The van der Waals surface area contributed by atoms with E-state index in [2.05, 4.69) is 31.4 Å². The Balaban J connectivity index is 1.71. The van der Waals surface area contributed by atoms with E-state index in [1.807, 2.05) is 0 Å². The molecule has 0 bridgehead atoms. The van der Waals surface area contributed by atoms with Crippen molar-refractivity contribution in [2.75, 3.05) is 23.8 Å². The first-order valence-electron chi connectivity index (χ1n) is 21.1. The molecule has 1 aromatic carbocycles. The van der Waals surface area contributed by atoms with Crippen molar-refractivity contribution in [1.82, 2.24) is 15.6 Å². The van der Waals surface area contributed by atoms with Crippen LogP contribution in [0.2, 0.25) is 0 Å². The molecule has 0 saturated heterocycles. The van der Waals surface area contributed by atoms with E-state index >= 15 is 0 Å². The van der Waals surface area contributed by atoms with Crippen LogP contribution in [0.15, 0.2) is 53.1 Å². The van der Waals surface area contributed by atoms with E-state index in [-0.39, 0.29) is 17.2 Å². The number of nitrogens with one attached hydrogen (secondary N) is 4. The summed E-state index contributed by atoms with van der Waals surface area (Å²) < 4.78 is 29.0. The first-order chi connectivity index (χ1) is 30.5. The second-order valence-corrected chi connectivity index (χ2v) is 19.8. The molecule has 0 aliphatic heterocycles. The van der Waals surface area contributed by atoms with Gasteiger partial charge in [-0.2, -0.15) is 0 Å². The van der Waals surface area contributed by atoms with E-state index in [9.17, 15) is 33.9 Å². The van der Waals surface area contributed by atoms with Crippen molar-refractivity contribution in [3.63, 3.8) is 0 Å². The van der Waals surface area contributed by atoms with Gasteiger partial charge in [0.15, 0.2) is 5.13 Å². The number of aromatic nitrogens is 2. The molecule has 0 aliphatic carbocycles. The summed E-state index contributed by atoms with van der Waals surface area (Å²) >= 11 is 0.932. The molecule has 3 rings (SSSR count). The number of oxime groups is 1. The van der Waals surface area contributed by atoms with Gasteiger partial charge in [-0.05, 0) is 126 Å². The molecule has 66 heavy (non-hydrogen) atoms. The van der Waals surface area contributed by atoms with Gasteiger partial charge in [0.05, 0.1) is 13.2 Å². The number of carboxylic acids is 1. The van der Waals surface area contributed by atoms with E-state index in [4.69, 9.17) is 28.5 Å². The largest absolute Gasteiger partial charge is 0.489 e. The number of unbranched alkanes of at least 4 members (excludes halogenated alkanes) is 1. The van der Waals surface area contributed by atoms with Crippen LogP contribution in [0.25, 0.3) is 11.1 Å². The maximum absolute atomic E-state index is 13.6. The number of anilines is 2. The Morgan fingerprint density at radius 1 is 0.742 bits per heavy atom. The summed E-state index contributed by atoms with van der Waals surface area (Å²) in [5, 5.41) is 25.7. The predicted octanol–water partition coefficient (Wildman–Crippen LogP) is 7.10. The Hall–Kier alpha value is -6.51. The van der Waals surface area contributed by atoms with Gasteiger partial charge in [0.2, 0.25) is 5.71 Å². The quantitative estimate of drug-likeness (QED) is 0.0213. The highest BCUT2D eigenvalue weighted by molar-refractivity contribution is 7.14. The van der Waals surface area contributed by atoms with Crippen molar-refractivity contribution in [1.29, 1.82) is 0 Å². The zero-order valence-electron chi connectivity index (χ0n) is 39.9. The molecule has 2 atom stereocenters. The predicted molar refractivity (Wildman–Crippen MR) is 245 cm³/mol. The third kappa shape index (κ3) is 20.1. The Morgan fingerprint density at radius 3 is 1.89 bits per heavy atom. The fourth-order valence-electron chi connectivity index (χ4n) is 5.39. The third-order valence-electron chi connectivity index (χ3n) is 8.07. The summed E-state index contributed by atoms with van der Waals surface area (Å²) in [6.07, 6.45) is -0.481. The molecule has 20 nitrogen and oxygen atoms in total. The number of ether oxygens (including phenoxy) is 5. The van der Waals surface area contributed by atoms with Crippen molar-refractivity contribution < 1.29 is 67.0 Å². The van der Waals surface area contributed by atoms with Gasteiger partial charge in [-0.3, -0.25) is 5.32 Å². The van der Waals surface area contributed by atoms with Crippen LogP contribution in [0.1, 0.15) is 108 Å². The van der Waals surface area contributed by atoms with E-state index < -0.39 is 83.0 Å². The van der Waals surface area contributed by atoms with Crippen LogP contribution in [-0.2, 0) is 45.2 Å². The summed E-state index contributed by atoms with van der Waals surface area (Å²) in [6.45, 7) is 20.4. The van der Waals surface area contributed by atoms with Crippen LogP contribution in [0.4, 0.5) is 25.3 Å². The molecule has 21 heteroatoms. The highest BCUT2D eigenvalue weighted by Crippen LogP contribution is 2.24. The number of alkyl carbamates (subject to hydrolysis) is 2. The molecule has 0 aliphatic rings. The molecule has 4 amide bonds. The topological polar surface area (TPSA) is 255 Å². The number of carbonyl (C=O) groups is 6. The number of rotatable bonds is 18. The van der Waals surface area contributed by atoms with Gasteiger partial charge in [-0.25, -0.2) is 43.6 Å². The highest BCUT2D eigenvalue weighted by Gasteiger charge is 2.31. The minimum Gasteiger partial charge on any atom is -0.489 e. The molecule has 2 heterocycles. The maximum atomic E-state index is 13.6. The number of aliphatic carboxylic acids is 1. The minimum absolute atomic E-state index is 0.0499. The average molecular weight is 943 g/mol. The van der Waals surface area contributed by atoms with Gasteiger partial charge >= 0.3 is 36.1 Å². The number of aryl methyl sites for hydroxylation is 1. The second-order valence-electron chi connectivity index (χ2n) is 18.9. The number of thiazole rings is 1. The Bertz CT molecular complexity index is 2200. The molecule has 0 radical (unpaired) electrons. The number of esters is 1. The summed E-state index contributed by atoms with van der Waals surface area (Å²) in [5.41, 5.74) is -2.34. The monoisotopic (exact) mass is 942 g/mol. The molecule has 0 unspecified atom stereocenters. The summed E-state index contributed by atoms with van der Waals surface area (Å²) in [6, 6.07) is 9.44. The van der Waals surface area contributed by atoms with Crippen LogP contribution in [0, 0.1) is 0 Å². The lowest BCUT2D eigenvalue weighted by molar-refractivity contribution is -0.656. The number of nitrogens with zero attached hydrogens (tertiary/aromatic N) is 3. The van der Waals surface area contributed by atoms with Crippen LogP contribution >= 0.6 is 11.3 Å². The lowest BCUT2D eigenvalue weighted by Crippen LogP contribution is -2.47. The normalized spacial score (nSPS) is 13.0. The lowest BCUT2D eigenvalue weighted by atomic mass is 10.1.